The molecule has 1 aliphatic carbocycles. The van der Waals surface area contributed by atoms with Crippen LogP contribution in [0.15, 0.2) is 42.5 Å². The maximum absolute atomic E-state index is 4.10. The first-order valence-electron chi connectivity index (χ1n) is 8.06. The highest BCUT2D eigenvalue weighted by molar-refractivity contribution is 5.14. The number of nitrogens with zero attached hydrogens (tertiary/aromatic N) is 1. The summed E-state index contributed by atoms with van der Waals surface area (Å²) in [4.78, 5) is 2.52. The van der Waals surface area contributed by atoms with Gasteiger partial charge in [0.2, 0.25) is 0 Å². The largest absolute Gasteiger partial charge is 0.299 e. The van der Waals surface area contributed by atoms with E-state index in [-0.39, 0.29) is 0 Å². The molecule has 1 nitrogen and oxygen atoms in total. The van der Waals surface area contributed by atoms with Crippen LogP contribution >= 0.6 is 0 Å². The Kier molecular flexibility index (Phi) is 7.61. The van der Waals surface area contributed by atoms with E-state index in [0.29, 0.717) is 0 Å². The summed E-state index contributed by atoms with van der Waals surface area (Å²) in [6.07, 6.45) is 5.28. The van der Waals surface area contributed by atoms with Gasteiger partial charge in [-0.1, -0.05) is 56.3 Å². The maximum atomic E-state index is 4.10. The molecule has 0 bridgehead atoms. The molecular weight excluding hydrogens is 242 g/mol. The summed E-state index contributed by atoms with van der Waals surface area (Å²) in [7, 11) is 2.26. The Morgan fingerprint density at radius 1 is 1.10 bits per heavy atom. The van der Waals surface area contributed by atoms with E-state index in [1.165, 1.54) is 36.8 Å². The number of allylic oxidation sites excluding steroid dienone is 1. The molecule has 0 atom stereocenters. The van der Waals surface area contributed by atoms with Gasteiger partial charge in [-0.25, -0.2) is 0 Å². The molecule has 0 aromatic heterocycles. The van der Waals surface area contributed by atoms with Crippen LogP contribution in [-0.2, 0) is 6.54 Å². The Morgan fingerprint density at radius 3 is 2.15 bits per heavy atom. The lowest BCUT2D eigenvalue weighted by Crippen LogP contribution is -2.34. The van der Waals surface area contributed by atoms with Gasteiger partial charge in [-0.3, -0.25) is 4.90 Å². The first-order chi connectivity index (χ1) is 9.66. The third-order valence-corrected chi connectivity index (χ3v) is 4.29. The highest BCUT2D eigenvalue weighted by Crippen LogP contribution is 2.31. The molecule has 1 aromatic rings. The van der Waals surface area contributed by atoms with Gasteiger partial charge in [-0.2, -0.15) is 0 Å². The molecule has 1 fully saturated rings. The van der Waals surface area contributed by atoms with Gasteiger partial charge in [0.25, 0.3) is 0 Å². The van der Waals surface area contributed by atoms with E-state index < -0.39 is 0 Å². The molecule has 0 aliphatic heterocycles. The molecule has 1 aliphatic rings. The lowest BCUT2D eigenvalue weighted by atomic mass is 9.82. The van der Waals surface area contributed by atoms with Crippen LogP contribution in [0.3, 0.4) is 0 Å². The number of hydrogen-bond donors (Lipinski definition) is 0. The van der Waals surface area contributed by atoms with Crippen LogP contribution in [0.5, 0.6) is 0 Å². The second-order valence-electron chi connectivity index (χ2n) is 5.75. The summed E-state index contributed by atoms with van der Waals surface area (Å²) in [5, 5.41) is 0. The Labute approximate surface area is 125 Å². The predicted molar refractivity (Wildman–Crippen MR) is 89.8 cm³/mol. The quantitative estimate of drug-likeness (QED) is 0.675. The van der Waals surface area contributed by atoms with Gasteiger partial charge < -0.3 is 0 Å². The normalized spacial score (nSPS) is 22.1. The van der Waals surface area contributed by atoms with Gasteiger partial charge in [0, 0.05) is 12.6 Å². The van der Waals surface area contributed by atoms with Gasteiger partial charge >= 0.3 is 0 Å². The monoisotopic (exact) mass is 273 g/mol. The lowest BCUT2D eigenvalue weighted by Gasteiger charge is -2.35. The van der Waals surface area contributed by atoms with Crippen molar-refractivity contribution in [3.05, 3.63) is 48.0 Å². The van der Waals surface area contributed by atoms with Gasteiger partial charge in [0.1, 0.15) is 0 Å². The average molecular weight is 273 g/mol. The standard InChI is InChI=1S/C17H25N.C2H6/c1-14(2)16-9-11-17(12-10-16)18(3)13-15-7-5-4-6-8-15;1-2/h4-8,16-17H,1,9-13H2,2-3H3;1-2H3. The third-order valence-electron chi connectivity index (χ3n) is 4.29. The number of benzene rings is 1. The average Bonchev–Trinajstić information content (AvgIpc) is 2.50. The van der Waals surface area contributed by atoms with Gasteiger partial charge in [0.05, 0.1) is 0 Å². The minimum absolute atomic E-state index is 0.751. The molecule has 112 valence electrons. The summed E-state index contributed by atoms with van der Waals surface area (Å²) in [6, 6.07) is 11.5. The zero-order valence-corrected chi connectivity index (χ0v) is 13.7. The second kappa shape index (κ2) is 8.97. The summed E-state index contributed by atoms with van der Waals surface area (Å²) in [5.74, 6) is 0.770. The topological polar surface area (TPSA) is 3.24 Å². The molecule has 0 amide bonds. The van der Waals surface area contributed by atoms with Crippen molar-refractivity contribution >= 4 is 0 Å². The van der Waals surface area contributed by atoms with Crippen molar-refractivity contribution < 1.29 is 0 Å². The zero-order chi connectivity index (χ0) is 15.0. The highest BCUT2D eigenvalue weighted by atomic mass is 15.1. The van der Waals surface area contributed by atoms with Crippen LogP contribution < -0.4 is 0 Å². The SMILES string of the molecule is C=C(C)C1CCC(N(C)Cc2ccccc2)CC1.CC. The first kappa shape index (κ1) is 17.0. The molecule has 0 unspecified atom stereocenters. The van der Waals surface area contributed by atoms with E-state index >= 15 is 0 Å². The van der Waals surface area contributed by atoms with Crippen LogP contribution in [0.4, 0.5) is 0 Å². The summed E-state index contributed by atoms with van der Waals surface area (Å²) in [6.45, 7) is 11.4. The fourth-order valence-corrected chi connectivity index (χ4v) is 3.01. The first-order valence-corrected chi connectivity index (χ1v) is 8.06. The Balaban J connectivity index is 0.000000956. The minimum Gasteiger partial charge on any atom is -0.299 e. The molecule has 1 aromatic carbocycles. The van der Waals surface area contributed by atoms with Crippen molar-refractivity contribution in [2.45, 2.75) is 59.0 Å². The smallest absolute Gasteiger partial charge is 0.0233 e. The molecule has 0 N–H and O–H groups in total. The van der Waals surface area contributed by atoms with E-state index in [0.717, 1.165) is 18.5 Å². The van der Waals surface area contributed by atoms with Crippen LogP contribution in [-0.4, -0.2) is 18.0 Å². The van der Waals surface area contributed by atoms with E-state index in [2.05, 4.69) is 55.8 Å². The van der Waals surface area contributed by atoms with Crippen LogP contribution in [0.1, 0.15) is 52.0 Å². The maximum Gasteiger partial charge on any atom is 0.0233 e. The molecule has 0 radical (unpaired) electrons. The molecule has 1 heteroatoms. The van der Waals surface area contributed by atoms with Gasteiger partial charge in [0.15, 0.2) is 0 Å². The predicted octanol–water partition coefficient (Wildman–Crippen LogP) is 5.28. The van der Waals surface area contributed by atoms with E-state index in [1.807, 2.05) is 13.8 Å². The van der Waals surface area contributed by atoms with Crippen molar-refractivity contribution in [1.29, 1.82) is 0 Å². The fraction of sp³-hybridized carbons (Fsp3) is 0.579. The fourth-order valence-electron chi connectivity index (χ4n) is 3.01. The van der Waals surface area contributed by atoms with Gasteiger partial charge in [-0.15, -0.1) is 0 Å². The van der Waals surface area contributed by atoms with Crippen molar-refractivity contribution in [3.8, 4) is 0 Å². The zero-order valence-electron chi connectivity index (χ0n) is 13.7. The van der Waals surface area contributed by atoms with E-state index in [4.69, 9.17) is 0 Å². The Hall–Kier alpha value is -1.08. The minimum atomic E-state index is 0.751. The van der Waals surface area contributed by atoms with Crippen molar-refractivity contribution in [2.24, 2.45) is 5.92 Å². The molecule has 0 heterocycles. The second-order valence-corrected chi connectivity index (χ2v) is 5.75. The van der Waals surface area contributed by atoms with Crippen molar-refractivity contribution in [2.75, 3.05) is 7.05 Å². The Bertz CT molecular complexity index is 374. The van der Waals surface area contributed by atoms with Gasteiger partial charge in [-0.05, 0) is 51.1 Å². The van der Waals surface area contributed by atoms with Crippen LogP contribution in [0, 0.1) is 5.92 Å². The molecule has 20 heavy (non-hydrogen) atoms. The molecule has 1 saturated carbocycles. The van der Waals surface area contributed by atoms with Crippen LogP contribution in [0.2, 0.25) is 0 Å². The molecule has 0 saturated heterocycles. The summed E-state index contributed by atoms with van der Waals surface area (Å²) >= 11 is 0. The van der Waals surface area contributed by atoms with Crippen molar-refractivity contribution in [3.63, 3.8) is 0 Å². The Morgan fingerprint density at radius 2 is 1.65 bits per heavy atom. The molecular formula is C19H31N. The van der Waals surface area contributed by atoms with E-state index in [9.17, 15) is 0 Å². The molecule has 0 spiro atoms. The number of hydrogen-bond acceptors (Lipinski definition) is 1. The lowest BCUT2D eigenvalue weighted by molar-refractivity contribution is 0.168. The number of rotatable bonds is 4. The summed E-state index contributed by atoms with van der Waals surface area (Å²) < 4.78 is 0. The van der Waals surface area contributed by atoms with Crippen LogP contribution in [0.25, 0.3) is 0 Å². The highest BCUT2D eigenvalue weighted by Gasteiger charge is 2.24. The van der Waals surface area contributed by atoms with E-state index in [1.54, 1.807) is 0 Å². The molecule has 2 rings (SSSR count). The third kappa shape index (κ3) is 5.13. The summed E-state index contributed by atoms with van der Waals surface area (Å²) in [5.41, 5.74) is 2.79. The van der Waals surface area contributed by atoms with Crippen molar-refractivity contribution in [1.82, 2.24) is 4.90 Å².